The van der Waals surface area contributed by atoms with Crippen molar-refractivity contribution < 1.29 is 17.8 Å². The molecular weight excluding hydrogens is 170 g/mol. The lowest BCUT2D eigenvalue weighted by molar-refractivity contribution is -0.119. The van der Waals surface area contributed by atoms with Gasteiger partial charge in [-0.15, -0.1) is 0 Å². The third kappa shape index (κ3) is 2.57. The summed E-state index contributed by atoms with van der Waals surface area (Å²) < 4.78 is 28.9. The van der Waals surface area contributed by atoms with E-state index in [9.17, 15) is 13.2 Å². The minimum Gasteiger partial charge on any atom is -0.329 e. The fourth-order valence-corrected chi connectivity index (χ4v) is 1.21. The Bertz CT molecular complexity index is 254. The maximum atomic E-state index is 10.8. The van der Waals surface area contributed by atoms with E-state index in [-0.39, 0.29) is 6.54 Å². The van der Waals surface area contributed by atoms with Crippen LogP contribution in [0.15, 0.2) is 0 Å². The van der Waals surface area contributed by atoms with Gasteiger partial charge in [-0.2, -0.15) is 8.42 Å². The van der Waals surface area contributed by atoms with Crippen molar-refractivity contribution >= 4 is 15.2 Å². The van der Waals surface area contributed by atoms with Gasteiger partial charge in [-0.25, -0.2) is 0 Å². The molecule has 0 aromatic heterocycles. The Morgan fingerprint density at radius 1 is 1.55 bits per heavy atom. The van der Waals surface area contributed by atoms with E-state index in [1.165, 1.54) is 13.8 Å². The van der Waals surface area contributed by atoms with Gasteiger partial charge >= 0.3 is 10.1 Å². The van der Waals surface area contributed by atoms with Crippen molar-refractivity contribution in [3.8, 4) is 0 Å². The third-order valence-corrected chi connectivity index (χ3v) is 2.32. The summed E-state index contributed by atoms with van der Waals surface area (Å²) >= 11 is 0. The first kappa shape index (κ1) is 10.5. The summed E-state index contributed by atoms with van der Waals surface area (Å²) in [5.74, 6) is 0. The molecule has 0 aliphatic heterocycles. The van der Waals surface area contributed by atoms with Crippen LogP contribution in [0.5, 0.6) is 0 Å². The normalized spacial score (nSPS) is 13.1. The Kier molecular flexibility index (Phi) is 2.76. The van der Waals surface area contributed by atoms with E-state index >= 15 is 0 Å². The molecule has 6 heteroatoms. The Labute approximate surface area is 65.3 Å². The van der Waals surface area contributed by atoms with Gasteiger partial charge in [0.15, 0.2) is 0 Å². The van der Waals surface area contributed by atoms with E-state index in [0.717, 1.165) is 0 Å². The quantitative estimate of drug-likeness (QED) is 0.553. The molecule has 0 bridgehead atoms. The van der Waals surface area contributed by atoms with Gasteiger partial charge in [-0.3, -0.25) is 9.35 Å². The summed E-state index contributed by atoms with van der Waals surface area (Å²) in [7, 11) is -4.59. The number of hydrogen-bond donors (Lipinski definition) is 2. The number of nitrogens with two attached hydrogens (primary N) is 1. The van der Waals surface area contributed by atoms with E-state index in [1.807, 2.05) is 0 Å². The van der Waals surface area contributed by atoms with Crippen molar-refractivity contribution in [2.24, 2.45) is 11.1 Å². The lowest BCUT2D eigenvalue weighted by Gasteiger charge is -2.17. The second kappa shape index (κ2) is 2.88. The summed E-state index contributed by atoms with van der Waals surface area (Å²) in [6, 6.07) is 0. The highest BCUT2D eigenvalue weighted by molar-refractivity contribution is 8.01. The van der Waals surface area contributed by atoms with E-state index in [0.29, 0.717) is 0 Å². The van der Waals surface area contributed by atoms with Crippen LogP contribution in [0.2, 0.25) is 0 Å². The number of carbonyl (C=O) groups is 1. The number of carbonyl (C=O) groups excluding carboxylic acids is 1. The molecule has 0 saturated carbocycles. The van der Waals surface area contributed by atoms with Crippen molar-refractivity contribution in [3.05, 3.63) is 0 Å². The van der Waals surface area contributed by atoms with Gasteiger partial charge in [0.2, 0.25) is 0 Å². The fourth-order valence-electron chi connectivity index (χ4n) is 0.432. The van der Waals surface area contributed by atoms with Crippen LogP contribution >= 0.6 is 0 Å². The Hall–Kier alpha value is -0.460. The average Bonchev–Trinajstić information content (AvgIpc) is 1.84. The summed E-state index contributed by atoms with van der Waals surface area (Å²) in [6.45, 7) is 2.58. The largest absolute Gasteiger partial charge is 0.329 e. The Morgan fingerprint density at radius 3 is 2.00 bits per heavy atom. The van der Waals surface area contributed by atoms with Gasteiger partial charge in [-0.05, 0) is 0 Å². The van der Waals surface area contributed by atoms with Crippen molar-refractivity contribution in [1.29, 1.82) is 0 Å². The van der Waals surface area contributed by atoms with Crippen molar-refractivity contribution in [2.45, 2.75) is 13.8 Å². The highest BCUT2D eigenvalue weighted by atomic mass is 32.2. The molecule has 0 unspecified atom stereocenters. The lowest BCUT2D eigenvalue weighted by atomic mass is 9.96. The van der Waals surface area contributed by atoms with Crippen LogP contribution in [-0.4, -0.2) is 24.6 Å². The zero-order chi connectivity index (χ0) is 9.28. The molecule has 0 radical (unpaired) electrons. The van der Waals surface area contributed by atoms with E-state index in [1.54, 1.807) is 0 Å². The zero-order valence-electron chi connectivity index (χ0n) is 6.36. The van der Waals surface area contributed by atoms with Crippen LogP contribution in [0.3, 0.4) is 0 Å². The van der Waals surface area contributed by atoms with Gasteiger partial charge in [0.1, 0.15) is 0 Å². The molecule has 0 spiro atoms. The van der Waals surface area contributed by atoms with Crippen LogP contribution < -0.4 is 5.73 Å². The molecular formula is C5H11NO4S. The summed E-state index contributed by atoms with van der Waals surface area (Å²) in [4.78, 5) is 10.8. The van der Waals surface area contributed by atoms with Gasteiger partial charge in [0.05, 0.1) is 5.41 Å². The van der Waals surface area contributed by atoms with E-state index in [2.05, 4.69) is 0 Å². The molecule has 0 heterocycles. The first-order chi connectivity index (χ1) is 4.72. The maximum Gasteiger partial charge on any atom is 0.329 e. The molecule has 0 fully saturated rings. The van der Waals surface area contributed by atoms with Crippen molar-refractivity contribution in [3.63, 3.8) is 0 Å². The maximum absolute atomic E-state index is 10.8. The average molecular weight is 181 g/mol. The van der Waals surface area contributed by atoms with Gasteiger partial charge in [0, 0.05) is 6.54 Å². The van der Waals surface area contributed by atoms with Crippen LogP contribution in [0, 0.1) is 5.41 Å². The first-order valence-corrected chi connectivity index (χ1v) is 4.38. The van der Waals surface area contributed by atoms with E-state index < -0.39 is 20.6 Å². The second-order valence-corrected chi connectivity index (χ2v) is 4.17. The van der Waals surface area contributed by atoms with Gasteiger partial charge in [-0.1, -0.05) is 13.8 Å². The van der Waals surface area contributed by atoms with Crippen LogP contribution in [-0.2, 0) is 14.9 Å². The fraction of sp³-hybridized carbons (Fsp3) is 0.800. The lowest BCUT2D eigenvalue weighted by Crippen LogP contribution is -2.37. The zero-order valence-corrected chi connectivity index (χ0v) is 7.18. The molecule has 3 N–H and O–H groups in total. The third-order valence-electron chi connectivity index (χ3n) is 1.30. The number of hydrogen-bond acceptors (Lipinski definition) is 4. The van der Waals surface area contributed by atoms with Gasteiger partial charge < -0.3 is 5.73 Å². The molecule has 0 aromatic carbocycles. The minimum absolute atomic E-state index is 0.119. The molecule has 5 nitrogen and oxygen atoms in total. The topological polar surface area (TPSA) is 97.5 Å². The van der Waals surface area contributed by atoms with Crippen molar-refractivity contribution in [1.82, 2.24) is 0 Å². The number of rotatable bonds is 2. The molecule has 0 saturated heterocycles. The Morgan fingerprint density at radius 2 is 1.91 bits per heavy atom. The molecule has 66 valence electrons. The molecule has 0 atom stereocenters. The summed E-state index contributed by atoms with van der Waals surface area (Å²) in [6.07, 6.45) is 0. The van der Waals surface area contributed by atoms with Gasteiger partial charge in [0.25, 0.3) is 5.12 Å². The van der Waals surface area contributed by atoms with Crippen molar-refractivity contribution in [2.75, 3.05) is 6.54 Å². The predicted molar refractivity (Wildman–Crippen MR) is 39.4 cm³/mol. The van der Waals surface area contributed by atoms with Crippen LogP contribution in [0.4, 0.5) is 0 Å². The minimum atomic E-state index is -4.59. The summed E-state index contributed by atoms with van der Waals surface area (Å²) in [5.41, 5.74) is 3.89. The molecule has 0 aliphatic carbocycles. The molecule has 11 heavy (non-hydrogen) atoms. The van der Waals surface area contributed by atoms with E-state index in [4.69, 9.17) is 10.3 Å². The highest BCUT2D eigenvalue weighted by Crippen LogP contribution is 2.16. The first-order valence-electron chi connectivity index (χ1n) is 2.94. The Balaban J connectivity index is 4.79. The predicted octanol–water partition coefficient (Wildman–Crippen LogP) is -0.614. The highest BCUT2D eigenvalue weighted by Gasteiger charge is 2.35. The summed E-state index contributed by atoms with van der Waals surface area (Å²) in [5, 5.41) is -1.24. The molecule has 0 aliphatic rings. The SMILES string of the molecule is CC(C)(CN)C(=O)S(=O)(=O)O. The monoisotopic (exact) mass is 181 g/mol. The van der Waals surface area contributed by atoms with Crippen LogP contribution in [0.1, 0.15) is 13.8 Å². The smallest absolute Gasteiger partial charge is 0.329 e. The second-order valence-electron chi connectivity index (χ2n) is 2.85. The molecule has 0 amide bonds. The molecule has 0 rings (SSSR count). The van der Waals surface area contributed by atoms with Crippen LogP contribution in [0.25, 0.3) is 0 Å². The molecule has 0 aromatic rings. The standard InChI is InChI=1S/C5H11NO4S/c1-5(2,3-6)4(7)11(8,9)10/h3,6H2,1-2H3,(H,8,9,10).